The zero-order chi connectivity index (χ0) is 11.5. The lowest BCUT2D eigenvalue weighted by molar-refractivity contribution is 0.0854. The molecule has 1 aromatic carbocycles. The van der Waals surface area contributed by atoms with Gasteiger partial charge in [-0.3, -0.25) is 4.79 Å². The molecular formula is C13H15FO2. The van der Waals surface area contributed by atoms with Crippen molar-refractivity contribution in [2.45, 2.75) is 26.2 Å². The lowest BCUT2D eigenvalue weighted by Crippen LogP contribution is -2.22. The normalized spacial score (nSPS) is 15.6. The average Bonchev–Trinajstić information content (AvgIpc) is 2.18. The van der Waals surface area contributed by atoms with Crippen LogP contribution in [0.2, 0.25) is 0 Å². The lowest BCUT2D eigenvalue weighted by atomic mass is 9.80. The molecule has 1 saturated carbocycles. The van der Waals surface area contributed by atoms with E-state index in [1.165, 1.54) is 12.1 Å². The summed E-state index contributed by atoms with van der Waals surface area (Å²) < 4.78 is 18.6. The molecule has 2 nitrogen and oxygen atoms in total. The van der Waals surface area contributed by atoms with Crippen LogP contribution in [0.4, 0.5) is 4.39 Å². The Bertz CT molecular complexity index is 397. The van der Waals surface area contributed by atoms with Crippen LogP contribution in [0.1, 0.15) is 36.5 Å². The van der Waals surface area contributed by atoms with Gasteiger partial charge in [0.1, 0.15) is 0 Å². The number of carbonyl (C=O) groups excluding carboxylic acids is 1. The van der Waals surface area contributed by atoms with Gasteiger partial charge in [-0.1, -0.05) is 6.42 Å². The minimum absolute atomic E-state index is 0.0631. The Labute approximate surface area is 94.4 Å². The van der Waals surface area contributed by atoms with E-state index in [1.54, 1.807) is 13.0 Å². The molecule has 86 valence electrons. The van der Waals surface area contributed by atoms with Gasteiger partial charge in [0.2, 0.25) is 0 Å². The van der Waals surface area contributed by atoms with Crippen LogP contribution in [0.15, 0.2) is 18.2 Å². The highest BCUT2D eigenvalue weighted by Gasteiger charge is 2.26. The van der Waals surface area contributed by atoms with Gasteiger partial charge in [0, 0.05) is 11.5 Å². The van der Waals surface area contributed by atoms with Gasteiger partial charge < -0.3 is 4.74 Å². The van der Waals surface area contributed by atoms with E-state index in [1.807, 2.05) is 0 Å². The molecule has 1 fully saturated rings. The highest BCUT2D eigenvalue weighted by molar-refractivity contribution is 5.98. The van der Waals surface area contributed by atoms with Crippen molar-refractivity contribution in [3.05, 3.63) is 29.6 Å². The smallest absolute Gasteiger partial charge is 0.166 e. The monoisotopic (exact) mass is 222 g/mol. The molecule has 2 rings (SSSR count). The second kappa shape index (κ2) is 4.64. The number of hydrogen-bond donors (Lipinski definition) is 0. The molecule has 0 bridgehead atoms. The van der Waals surface area contributed by atoms with Gasteiger partial charge in [0.25, 0.3) is 0 Å². The van der Waals surface area contributed by atoms with Gasteiger partial charge in [-0.15, -0.1) is 0 Å². The molecule has 0 aromatic heterocycles. The Morgan fingerprint density at radius 2 is 2.25 bits per heavy atom. The molecule has 0 unspecified atom stereocenters. The number of halogens is 1. The number of ether oxygens (including phenoxy) is 1. The number of rotatable bonds is 4. The van der Waals surface area contributed by atoms with E-state index in [9.17, 15) is 9.18 Å². The summed E-state index contributed by atoms with van der Waals surface area (Å²) in [5.41, 5.74) is 0.464. The quantitative estimate of drug-likeness (QED) is 0.731. The number of ketones is 1. The van der Waals surface area contributed by atoms with Gasteiger partial charge >= 0.3 is 0 Å². The topological polar surface area (TPSA) is 26.3 Å². The van der Waals surface area contributed by atoms with E-state index in [4.69, 9.17) is 4.74 Å². The fraction of sp³-hybridized carbons (Fsp3) is 0.462. The van der Waals surface area contributed by atoms with Crippen molar-refractivity contribution >= 4 is 5.78 Å². The van der Waals surface area contributed by atoms with Crippen LogP contribution >= 0.6 is 0 Å². The number of carbonyl (C=O) groups is 1. The summed E-state index contributed by atoms with van der Waals surface area (Å²) in [5.74, 6) is -0.0646. The molecular weight excluding hydrogens is 207 g/mol. The number of hydrogen-bond acceptors (Lipinski definition) is 2. The van der Waals surface area contributed by atoms with E-state index in [2.05, 4.69) is 0 Å². The predicted molar refractivity (Wildman–Crippen MR) is 59.2 cm³/mol. The van der Waals surface area contributed by atoms with Crippen molar-refractivity contribution in [1.29, 1.82) is 0 Å². The first-order valence-electron chi connectivity index (χ1n) is 5.69. The molecule has 0 amide bonds. The summed E-state index contributed by atoms with van der Waals surface area (Å²) in [6.07, 6.45) is 2.98. The first-order valence-corrected chi connectivity index (χ1v) is 5.69. The minimum Gasteiger partial charge on any atom is -0.491 e. The highest BCUT2D eigenvalue weighted by atomic mass is 19.1. The maximum Gasteiger partial charge on any atom is 0.166 e. The number of benzene rings is 1. The third-order valence-electron chi connectivity index (χ3n) is 2.99. The fourth-order valence-electron chi connectivity index (χ4n) is 1.83. The molecule has 3 heteroatoms. The molecule has 0 radical (unpaired) electrons. The van der Waals surface area contributed by atoms with Crippen molar-refractivity contribution < 1.29 is 13.9 Å². The van der Waals surface area contributed by atoms with Crippen LogP contribution < -0.4 is 4.74 Å². The van der Waals surface area contributed by atoms with E-state index in [-0.39, 0.29) is 17.5 Å². The van der Waals surface area contributed by atoms with Gasteiger partial charge in [0.15, 0.2) is 17.3 Å². The van der Waals surface area contributed by atoms with E-state index in [0.717, 1.165) is 19.3 Å². The highest BCUT2D eigenvalue weighted by Crippen LogP contribution is 2.30. The molecule has 0 heterocycles. The van der Waals surface area contributed by atoms with E-state index in [0.29, 0.717) is 12.2 Å². The van der Waals surface area contributed by atoms with Crippen molar-refractivity contribution in [2.75, 3.05) is 6.61 Å². The third kappa shape index (κ3) is 2.08. The van der Waals surface area contributed by atoms with Gasteiger partial charge in [-0.2, -0.15) is 0 Å². The number of Topliss-reactive ketones (excluding diaryl/α,β-unsaturated/α-hetero) is 1. The molecule has 0 atom stereocenters. The summed E-state index contributed by atoms with van der Waals surface area (Å²) >= 11 is 0. The average molecular weight is 222 g/mol. The molecule has 0 saturated heterocycles. The summed E-state index contributed by atoms with van der Waals surface area (Å²) in [6.45, 7) is 2.22. The van der Waals surface area contributed by atoms with Crippen molar-refractivity contribution in [3.8, 4) is 5.75 Å². The summed E-state index contributed by atoms with van der Waals surface area (Å²) in [6, 6.07) is 4.46. The standard InChI is InChI=1S/C13H15FO2/c1-2-16-12-7-6-10(8-11(12)14)13(15)9-4-3-5-9/h6-9H,2-5H2,1H3. The third-order valence-corrected chi connectivity index (χ3v) is 2.99. The van der Waals surface area contributed by atoms with Gasteiger partial charge in [-0.25, -0.2) is 4.39 Å². The second-order valence-corrected chi connectivity index (χ2v) is 4.07. The second-order valence-electron chi connectivity index (χ2n) is 4.07. The zero-order valence-electron chi connectivity index (χ0n) is 9.33. The van der Waals surface area contributed by atoms with Crippen LogP contribution in [0.25, 0.3) is 0 Å². The van der Waals surface area contributed by atoms with Crippen LogP contribution in [0, 0.1) is 11.7 Å². The largest absolute Gasteiger partial charge is 0.491 e. The Kier molecular flexibility index (Phi) is 3.22. The molecule has 0 spiro atoms. The maximum absolute atomic E-state index is 13.5. The first-order chi connectivity index (χ1) is 7.72. The van der Waals surface area contributed by atoms with Crippen molar-refractivity contribution in [2.24, 2.45) is 5.92 Å². The van der Waals surface area contributed by atoms with E-state index < -0.39 is 5.82 Å². The summed E-state index contributed by atoms with van der Waals surface area (Å²) in [5, 5.41) is 0. The zero-order valence-corrected chi connectivity index (χ0v) is 9.33. The van der Waals surface area contributed by atoms with Crippen molar-refractivity contribution in [3.63, 3.8) is 0 Å². The molecule has 16 heavy (non-hydrogen) atoms. The SMILES string of the molecule is CCOc1ccc(C(=O)C2CCC2)cc1F. The van der Waals surface area contributed by atoms with Gasteiger partial charge in [0.05, 0.1) is 6.61 Å². The Hall–Kier alpha value is -1.38. The molecule has 0 aliphatic heterocycles. The maximum atomic E-state index is 13.5. The van der Waals surface area contributed by atoms with Crippen molar-refractivity contribution in [1.82, 2.24) is 0 Å². The Morgan fingerprint density at radius 3 is 2.75 bits per heavy atom. The van der Waals surface area contributed by atoms with Gasteiger partial charge in [-0.05, 0) is 38.0 Å². The van der Waals surface area contributed by atoms with Crippen LogP contribution in [-0.2, 0) is 0 Å². The predicted octanol–water partition coefficient (Wildman–Crippen LogP) is 3.21. The summed E-state index contributed by atoms with van der Waals surface area (Å²) in [4.78, 5) is 11.8. The summed E-state index contributed by atoms with van der Waals surface area (Å²) in [7, 11) is 0. The fourth-order valence-corrected chi connectivity index (χ4v) is 1.83. The van der Waals surface area contributed by atoms with Crippen LogP contribution in [0.3, 0.4) is 0 Å². The van der Waals surface area contributed by atoms with Crippen LogP contribution in [-0.4, -0.2) is 12.4 Å². The molecule has 1 aromatic rings. The first kappa shape index (κ1) is 11.1. The minimum atomic E-state index is -0.452. The molecule has 1 aliphatic carbocycles. The van der Waals surface area contributed by atoms with E-state index >= 15 is 0 Å². The molecule has 0 N–H and O–H groups in total. The lowest BCUT2D eigenvalue weighted by Gasteiger charge is -2.23. The van der Waals surface area contributed by atoms with Crippen LogP contribution in [0.5, 0.6) is 5.75 Å². The Balaban J connectivity index is 2.16. The molecule has 1 aliphatic rings. The Morgan fingerprint density at radius 1 is 1.50 bits per heavy atom.